The van der Waals surface area contributed by atoms with Crippen molar-refractivity contribution in [2.24, 2.45) is 0 Å². The van der Waals surface area contributed by atoms with E-state index in [0.29, 0.717) is 48.6 Å². The van der Waals surface area contributed by atoms with Gasteiger partial charge in [0.2, 0.25) is 0 Å². The Morgan fingerprint density at radius 2 is 1.68 bits per heavy atom. The Bertz CT molecular complexity index is 1360. The van der Waals surface area contributed by atoms with Gasteiger partial charge in [-0.3, -0.25) is 0 Å². The molecule has 1 fully saturated rings. The topological polar surface area (TPSA) is 91.3 Å². The highest BCUT2D eigenvalue weighted by Crippen LogP contribution is 2.47. The number of anilines is 1. The van der Waals surface area contributed by atoms with E-state index in [2.05, 4.69) is 5.32 Å². The second-order valence-electron chi connectivity index (χ2n) is 12.1. The fourth-order valence-corrected chi connectivity index (χ4v) is 6.37. The van der Waals surface area contributed by atoms with Gasteiger partial charge in [-0.15, -0.1) is 0 Å². The Balaban J connectivity index is 1.71. The van der Waals surface area contributed by atoms with E-state index >= 15 is 4.39 Å². The zero-order chi connectivity index (χ0) is 28.9. The van der Waals surface area contributed by atoms with Crippen molar-refractivity contribution in [1.82, 2.24) is 9.80 Å². The molecule has 0 aliphatic carbocycles. The lowest BCUT2D eigenvalue weighted by Gasteiger charge is -2.31. The molecule has 0 radical (unpaired) electrons. The lowest BCUT2D eigenvalue weighted by Crippen LogP contribution is -2.43. The van der Waals surface area contributed by atoms with Gasteiger partial charge in [-0.2, -0.15) is 0 Å². The van der Waals surface area contributed by atoms with Crippen LogP contribution in [0.5, 0.6) is 5.75 Å². The summed E-state index contributed by atoms with van der Waals surface area (Å²) in [6.07, 6.45) is 1.86. The molecule has 216 valence electrons. The second kappa shape index (κ2) is 10.6. The Morgan fingerprint density at radius 1 is 1.02 bits per heavy atom. The quantitative estimate of drug-likeness (QED) is 0.477. The van der Waals surface area contributed by atoms with Gasteiger partial charge < -0.3 is 29.7 Å². The highest BCUT2D eigenvalue weighted by molar-refractivity contribution is 5.88. The van der Waals surface area contributed by atoms with Crippen LogP contribution in [0.2, 0.25) is 0 Å². The SMILES string of the molecule is Cc1c(-c2c(C)c3c(c(C)c2[C@H](OC(C)(C)C)C(=O)O)CN(C(=O)N2CCCCC2)C3)cc(F)c2c1NCCO2. The number of urea groups is 1. The number of carbonyl (C=O) groups is 2. The van der Waals surface area contributed by atoms with Crippen molar-refractivity contribution in [3.63, 3.8) is 0 Å². The number of likely N-dealkylation sites (tertiary alicyclic amines) is 1. The minimum atomic E-state index is -1.28. The third-order valence-corrected chi connectivity index (χ3v) is 8.28. The van der Waals surface area contributed by atoms with Crippen LogP contribution < -0.4 is 10.1 Å². The monoisotopic (exact) mass is 553 g/mol. The maximum absolute atomic E-state index is 15.5. The normalized spacial score (nSPS) is 17.6. The number of carboxylic acids is 1. The Hall–Kier alpha value is -3.33. The molecule has 9 heteroatoms. The predicted octanol–water partition coefficient (Wildman–Crippen LogP) is 6.08. The third kappa shape index (κ3) is 5.00. The van der Waals surface area contributed by atoms with Gasteiger partial charge in [0.05, 0.1) is 11.3 Å². The van der Waals surface area contributed by atoms with Gasteiger partial charge >= 0.3 is 12.0 Å². The molecule has 2 N–H and O–H groups in total. The average molecular weight is 554 g/mol. The number of carboxylic acid groups (broad SMARTS) is 1. The number of fused-ring (bicyclic) bond motifs is 2. The smallest absolute Gasteiger partial charge is 0.337 e. The standard InChI is InChI=1S/C31H40FN3O5/c1-17-21-15-35(30(38)34-11-8-7-9-12-34)16-22(21)18(2)25(28(29(36)37)40-31(4,5)6)24(17)20-14-23(32)27-26(19(20)3)33-10-13-39-27/h14,28,33H,7-13,15-16H2,1-6H3,(H,36,37)/t28-/m0/s1. The molecule has 0 saturated carbocycles. The molecule has 1 saturated heterocycles. The van der Waals surface area contributed by atoms with Crippen molar-refractivity contribution in [3.8, 4) is 16.9 Å². The highest BCUT2D eigenvalue weighted by Gasteiger charge is 2.38. The molecule has 3 aliphatic heterocycles. The van der Waals surface area contributed by atoms with Gasteiger partial charge in [-0.05, 0) is 106 Å². The van der Waals surface area contributed by atoms with E-state index in [9.17, 15) is 14.7 Å². The maximum atomic E-state index is 15.5. The first-order chi connectivity index (χ1) is 18.9. The van der Waals surface area contributed by atoms with Crippen molar-refractivity contribution in [2.45, 2.75) is 85.6 Å². The number of piperidine rings is 1. The van der Waals surface area contributed by atoms with E-state index in [0.717, 1.165) is 60.2 Å². The van der Waals surface area contributed by atoms with Crippen LogP contribution in [0.25, 0.3) is 11.1 Å². The average Bonchev–Trinajstić information content (AvgIpc) is 3.37. The number of halogens is 1. The number of amides is 2. The number of aliphatic carboxylic acids is 1. The molecule has 0 unspecified atom stereocenters. The fraction of sp³-hybridized carbons (Fsp3) is 0.548. The van der Waals surface area contributed by atoms with Crippen molar-refractivity contribution in [3.05, 3.63) is 45.3 Å². The molecule has 0 bridgehead atoms. The van der Waals surface area contributed by atoms with E-state index in [-0.39, 0.29) is 11.8 Å². The first kappa shape index (κ1) is 28.2. The first-order valence-electron chi connectivity index (χ1n) is 14.2. The lowest BCUT2D eigenvalue weighted by molar-refractivity contribution is -0.160. The summed E-state index contributed by atoms with van der Waals surface area (Å²) in [6, 6.07) is 1.45. The number of rotatable bonds is 4. The van der Waals surface area contributed by atoms with Gasteiger partial charge in [0.15, 0.2) is 17.7 Å². The third-order valence-electron chi connectivity index (χ3n) is 8.28. The van der Waals surface area contributed by atoms with Crippen LogP contribution >= 0.6 is 0 Å². The van der Waals surface area contributed by atoms with Crippen molar-refractivity contribution in [2.75, 3.05) is 31.6 Å². The summed E-state index contributed by atoms with van der Waals surface area (Å²) in [7, 11) is 0. The number of hydrogen-bond donors (Lipinski definition) is 2. The molecular weight excluding hydrogens is 513 g/mol. The summed E-state index contributed by atoms with van der Waals surface area (Å²) in [6.45, 7) is 14.5. The molecule has 8 nitrogen and oxygen atoms in total. The van der Waals surface area contributed by atoms with Crippen molar-refractivity contribution >= 4 is 17.7 Å². The van der Waals surface area contributed by atoms with E-state index in [4.69, 9.17) is 9.47 Å². The number of nitrogens with one attached hydrogen (secondary N) is 1. The van der Waals surface area contributed by atoms with Crippen LogP contribution in [0.3, 0.4) is 0 Å². The molecule has 2 aromatic rings. The summed E-state index contributed by atoms with van der Waals surface area (Å²) in [4.78, 5) is 30.0. The van der Waals surface area contributed by atoms with Gasteiger partial charge in [0.1, 0.15) is 6.61 Å². The maximum Gasteiger partial charge on any atom is 0.337 e. The summed E-state index contributed by atoms with van der Waals surface area (Å²) < 4.78 is 27.3. The summed E-state index contributed by atoms with van der Waals surface area (Å²) in [5.74, 6) is -1.43. The number of nitrogens with zero attached hydrogens (tertiary/aromatic N) is 2. The zero-order valence-electron chi connectivity index (χ0n) is 24.4. The van der Waals surface area contributed by atoms with Crippen molar-refractivity contribution < 1.29 is 28.6 Å². The molecule has 5 rings (SSSR count). The Kier molecular flexibility index (Phi) is 7.46. The zero-order valence-corrected chi connectivity index (χ0v) is 24.4. The van der Waals surface area contributed by atoms with Crippen LogP contribution in [-0.2, 0) is 22.6 Å². The first-order valence-corrected chi connectivity index (χ1v) is 14.2. The molecule has 0 spiro atoms. The molecule has 3 heterocycles. The van der Waals surface area contributed by atoms with E-state index in [1.165, 1.54) is 6.07 Å². The largest absolute Gasteiger partial charge is 0.486 e. The number of hydrogen-bond acceptors (Lipinski definition) is 5. The highest BCUT2D eigenvalue weighted by atomic mass is 19.1. The molecule has 40 heavy (non-hydrogen) atoms. The molecular formula is C31H40FN3O5. The summed E-state index contributed by atoms with van der Waals surface area (Å²) in [5, 5.41) is 13.7. The lowest BCUT2D eigenvalue weighted by atomic mass is 9.81. The molecule has 2 amide bonds. The molecule has 2 aromatic carbocycles. The van der Waals surface area contributed by atoms with E-state index in [1.807, 2.05) is 51.3 Å². The Labute approximate surface area is 235 Å². The minimum Gasteiger partial charge on any atom is -0.486 e. The van der Waals surface area contributed by atoms with Gasteiger partial charge in [-0.25, -0.2) is 14.0 Å². The number of carbonyl (C=O) groups excluding carboxylic acids is 1. The van der Waals surface area contributed by atoms with Crippen LogP contribution in [-0.4, -0.2) is 58.7 Å². The van der Waals surface area contributed by atoms with E-state index in [1.54, 1.807) is 0 Å². The second-order valence-corrected chi connectivity index (χ2v) is 12.1. The number of benzene rings is 2. The molecule has 1 atom stereocenters. The number of ether oxygens (including phenoxy) is 2. The minimum absolute atomic E-state index is 0.0101. The molecule has 3 aliphatic rings. The van der Waals surface area contributed by atoms with Crippen LogP contribution in [0, 0.1) is 26.6 Å². The Morgan fingerprint density at radius 3 is 2.30 bits per heavy atom. The predicted molar refractivity (Wildman–Crippen MR) is 151 cm³/mol. The summed E-state index contributed by atoms with van der Waals surface area (Å²) in [5.41, 5.74) is 5.89. The van der Waals surface area contributed by atoms with Gasteiger partial charge in [0, 0.05) is 38.3 Å². The van der Waals surface area contributed by atoms with Gasteiger partial charge in [0.25, 0.3) is 0 Å². The van der Waals surface area contributed by atoms with Crippen LogP contribution in [0.15, 0.2) is 6.07 Å². The summed E-state index contributed by atoms with van der Waals surface area (Å²) >= 11 is 0. The van der Waals surface area contributed by atoms with Crippen molar-refractivity contribution in [1.29, 1.82) is 0 Å². The van der Waals surface area contributed by atoms with Crippen LogP contribution in [0.4, 0.5) is 14.9 Å². The van der Waals surface area contributed by atoms with Crippen LogP contribution in [0.1, 0.15) is 79.5 Å². The molecule has 0 aromatic heterocycles. The van der Waals surface area contributed by atoms with Gasteiger partial charge in [-0.1, -0.05) is 0 Å². The van der Waals surface area contributed by atoms with E-state index < -0.39 is 23.5 Å². The fourth-order valence-electron chi connectivity index (χ4n) is 6.37.